The van der Waals surface area contributed by atoms with Crippen molar-refractivity contribution in [2.24, 2.45) is 0 Å². The second-order valence-corrected chi connectivity index (χ2v) is 9.56. The molecule has 1 aliphatic rings. The van der Waals surface area contributed by atoms with E-state index in [0.29, 0.717) is 16.4 Å². The minimum absolute atomic E-state index is 0.0475. The third-order valence-electron chi connectivity index (χ3n) is 4.85. The van der Waals surface area contributed by atoms with Gasteiger partial charge in [-0.15, -0.1) is 0 Å². The lowest BCUT2D eigenvalue weighted by Crippen LogP contribution is -2.29. The van der Waals surface area contributed by atoms with E-state index in [2.05, 4.69) is 16.6 Å². The smallest absolute Gasteiger partial charge is 0.263 e. The zero-order chi connectivity index (χ0) is 20.8. The summed E-state index contributed by atoms with van der Waals surface area (Å²) in [4.78, 5) is 29.4. The summed E-state index contributed by atoms with van der Waals surface area (Å²) in [5.41, 5.74) is 2.85. The van der Waals surface area contributed by atoms with Crippen molar-refractivity contribution in [2.45, 2.75) is 38.0 Å². The van der Waals surface area contributed by atoms with Gasteiger partial charge in [0.25, 0.3) is 10.0 Å². The van der Waals surface area contributed by atoms with Crippen LogP contribution in [0.5, 0.6) is 0 Å². The molecule has 29 heavy (non-hydrogen) atoms. The van der Waals surface area contributed by atoms with Crippen LogP contribution in [0.3, 0.4) is 0 Å². The molecule has 3 aromatic rings. The summed E-state index contributed by atoms with van der Waals surface area (Å²) in [5, 5.41) is 0.292. The van der Waals surface area contributed by atoms with E-state index in [1.807, 2.05) is 18.2 Å². The maximum absolute atomic E-state index is 12.8. The van der Waals surface area contributed by atoms with Gasteiger partial charge in [0.1, 0.15) is 0 Å². The number of anilines is 2. The fourth-order valence-electron chi connectivity index (χ4n) is 3.30. The average Bonchev–Trinajstić information content (AvgIpc) is 3.22. The number of hydrogen-bond donors (Lipinski definition) is 1. The van der Waals surface area contributed by atoms with E-state index in [-0.39, 0.29) is 29.6 Å². The summed E-state index contributed by atoms with van der Waals surface area (Å²) >= 11 is 1.28. The Morgan fingerprint density at radius 2 is 1.83 bits per heavy atom. The number of imide groups is 1. The minimum atomic E-state index is -3.86. The monoisotopic (exact) mass is 429 g/mol. The van der Waals surface area contributed by atoms with E-state index in [9.17, 15) is 18.0 Å². The number of carbonyl (C=O) groups excluding carboxylic acids is 2. The standard InChI is InChI=1S/C20H19N3O4S2/c1-3-13-4-6-15-17(11-13)28-20(21-15)22-29(26,27)14-5-7-16(12(2)10-14)23-18(24)8-9-19(23)25/h4-7,10-11H,3,8-9H2,1-2H3,(H,21,22). The van der Waals surface area contributed by atoms with Crippen molar-refractivity contribution in [1.82, 2.24) is 4.98 Å². The Bertz CT molecular complexity index is 1230. The van der Waals surface area contributed by atoms with Crippen molar-refractivity contribution in [3.63, 3.8) is 0 Å². The number of fused-ring (bicyclic) bond motifs is 1. The third kappa shape index (κ3) is 3.63. The van der Waals surface area contributed by atoms with Crippen LogP contribution < -0.4 is 9.62 Å². The van der Waals surface area contributed by atoms with Gasteiger partial charge in [0.05, 0.1) is 20.8 Å². The highest BCUT2D eigenvalue weighted by Crippen LogP contribution is 2.31. The molecule has 0 radical (unpaired) electrons. The van der Waals surface area contributed by atoms with Crippen LogP contribution in [-0.4, -0.2) is 25.2 Å². The molecule has 7 nitrogen and oxygen atoms in total. The first-order valence-electron chi connectivity index (χ1n) is 9.17. The molecule has 1 aliphatic heterocycles. The molecule has 0 unspecified atom stereocenters. The minimum Gasteiger partial charge on any atom is -0.274 e. The largest absolute Gasteiger partial charge is 0.274 e. The number of benzene rings is 2. The van der Waals surface area contributed by atoms with Crippen LogP contribution in [-0.2, 0) is 26.0 Å². The molecular weight excluding hydrogens is 410 g/mol. The SMILES string of the molecule is CCc1ccc2nc(NS(=O)(=O)c3ccc(N4C(=O)CCC4=O)c(C)c3)sc2c1. The van der Waals surface area contributed by atoms with Crippen molar-refractivity contribution in [2.75, 3.05) is 9.62 Å². The molecule has 4 rings (SSSR count). The highest BCUT2D eigenvalue weighted by atomic mass is 32.2. The van der Waals surface area contributed by atoms with E-state index in [1.165, 1.54) is 29.5 Å². The molecule has 1 saturated heterocycles. The zero-order valence-corrected chi connectivity index (χ0v) is 17.6. The lowest BCUT2D eigenvalue weighted by atomic mass is 10.2. The first-order chi connectivity index (χ1) is 13.8. The Hall–Kier alpha value is -2.78. The van der Waals surface area contributed by atoms with E-state index in [0.717, 1.165) is 27.1 Å². The van der Waals surface area contributed by atoms with Crippen molar-refractivity contribution < 1.29 is 18.0 Å². The van der Waals surface area contributed by atoms with E-state index in [4.69, 9.17) is 0 Å². The number of amides is 2. The number of nitrogens with one attached hydrogen (secondary N) is 1. The van der Waals surface area contributed by atoms with Gasteiger partial charge in [0.15, 0.2) is 5.13 Å². The molecule has 2 aromatic carbocycles. The van der Waals surface area contributed by atoms with E-state index < -0.39 is 10.0 Å². The molecule has 0 aliphatic carbocycles. The number of thiazole rings is 1. The molecule has 2 amide bonds. The van der Waals surface area contributed by atoms with Gasteiger partial charge in [0.2, 0.25) is 11.8 Å². The number of sulfonamides is 1. The Morgan fingerprint density at radius 1 is 1.10 bits per heavy atom. The molecular formula is C20H19N3O4S2. The van der Waals surface area contributed by atoms with Gasteiger partial charge in [-0.1, -0.05) is 24.3 Å². The van der Waals surface area contributed by atoms with Crippen LogP contribution in [0.1, 0.15) is 30.9 Å². The van der Waals surface area contributed by atoms with Crippen LogP contribution >= 0.6 is 11.3 Å². The summed E-state index contributed by atoms with van der Waals surface area (Å²) in [6.07, 6.45) is 1.25. The molecule has 9 heteroatoms. The predicted octanol–water partition coefficient (Wildman–Crippen LogP) is 3.62. The van der Waals surface area contributed by atoms with E-state index in [1.54, 1.807) is 6.92 Å². The van der Waals surface area contributed by atoms with Crippen molar-refractivity contribution in [3.8, 4) is 0 Å². The van der Waals surface area contributed by atoms with Gasteiger partial charge >= 0.3 is 0 Å². The van der Waals surface area contributed by atoms with Crippen molar-refractivity contribution in [1.29, 1.82) is 0 Å². The summed E-state index contributed by atoms with van der Waals surface area (Å²) < 4.78 is 29.1. The maximum atomic E-state index is 12.8. The summed E-state index contributed by atoms with van der Waals surface area (Å²) in [6.45, 7) is 3.73. The number of carbonyl (C=O) groups is 2. The molecule has 1 aromatic heterocycles. The zero-order valence-electron chi connectivity index (χ0n) is 15.9. The van der Waals surface area contributed by atoms with Crippen molar-refractivity contribution in [3.05, 3.63) is 47.5 Å². The van der Waals surface area contributed by atoms with Gasteiger partial charge in [-0.3, -0.25) is 19.2 Å². The van der Waals surface area contributed by atoms with Gasteiger partial charge < -0.3 is 0 Å². The molecule has 150 valence electrons. The van der Waals surface area contributed by atoms with E-state index >= 15 is 0 Å². The maximum Gasteiger partial charge on any atom is 0.263 e. The quantitative estimate of drug-likeness (QED) is 0.625. The lowest BCUT2D eigenvalue weighted by Gasteiger charge is -2.17. The molecule has 1 fully saturated rings. The Balaban J connectivity index is 1.63. The summed E-state index contributed by atoms with van der Waals surface area (Å²) in [6, 6.07) is 10.2. The average molecular weight is 430 g/mol. The van der Waals surface area contributed by atoms with Crippen molar-refractivity contribution >= 4 is 54.2 Å². The first-order valence-corrected chi connectivity index (χ1v) is 11.5. The predicted molar refractivity (Wildman–Crippen MR) is 113 cm³/mol. The Kier molecular flexibility index (Phi) is 4.87. The molecule has 0 spiro atoms. The van der Waals surface area contributed by atoms with Crippen LogP contribution in [0.2, 0.25) is 0 Å². The summed E-state index contributed by atoms with van der Waals surface area (Å²) in [7, 11) is -3.86. The third-order valence-corrected chi connectivity index (χ3v) is 7.25. The highest BCUT2D eigenvalue weighted by molar-refractivity contribution is 7.93. The fraction of sp³-hybridized carbons (Fsp3) is 0.250. The lowest BCUT2D eigenvalue weighted by molar-refractivity contribution is -0.121. The summed E-state index contributed by atoms with van der Waals surface area (Å²) in [5.74, 6) is -0.541. The number of aryl methyl sites for hydroxylation is 2. The van der Waals surface area contributed by atoms with Crippen LogP contribution in [0.15, 0.2) is 41.3 Å². The van der Waals surface area contributed by atoms with Crippen LogP contribution in [0.4, 0.5) is 10.8 Å². The first kappa shape index (κ1) is 19.5. The van der Waals surface area contributed by atoms with Gasteiger partial charge in [-0.25, -0.2) is 13.4 Å². The topological polar surface area (TPSA) is 96.4 Å². The van der Waals surface area contributed by atoms with Crippen LogP contribution in [0.25, 0.3) is 10.2 Å². The number of nitrogens with zero attached hydrogens (tertiary/aromatic N) is 2. The van der Waals surface area contributed by atoms with Crippen LogP contribution in [0, 0.1) is 6.92 Å². The van der Waals surface area contributed by atoms with Gasteiger partial charge in [-0.2, -0.15) is 0 Å². The van der Waals surface area contributed by atoms with Gasteiger partial charge in [-0.05, 0) is 54.8 Å². The molecule has 0 bridgehead atoms. The van der Waals surface area contributed by atoms with Gasteiger partial charge in [0, 0.05) is 12.8 Å². The molecule has 0 atom stereocenters. The molecule has 1 N–H and O–H groups in total. The Morgan fingerprint density at radius 3 is 2.48 bits per heavy atom. The molecule has 2 heterocycles. The molecule has 0 saturated carbocycles. The number of aromatic nitrogens is 1. The second-order valence-electron chi connectivity index (χ2n) is 6.85. The number of rotatable bonds is 5. The Labute approximate surface area is 172 Å². The number of hydrogen-bond acceptors (Lipinski definition) is 6. The fourth-order valence-corrected chi connectivity index (χ4v) is 5.55. The highest BCUT2D eigenvalue weighted by Gasteiger charge is 2.31. The normalized spacial score (nSPS) is 14.8. The second kappa shape index (κ2) is 7.23.